The van der Waals surface area contributed by atoms with Gasteiger partial charge in [-0.3, -0.25) is 9.69 Å². The first-order valence-electron chi connectivity index (χ1n) is 13.2. The second kappa shape index (κ2) is 12.5. The summed E-state index contributed by atoms with van der Waals surface area (Å²) in [6, 6.07) is 12.6. The van der Waals surface area contributed by atoms with Gasteiger partial charge in [-0.1, -0.05) is 23.9 Å². The molecular formula is C29H26F3N7O4S. The Morgan fingerprint density at radius 1 is 1.11 bits per heavy atom. The number of carbonyl (C=O) groups is 2. The number of aryl methyl sites for hydroxylation is 2. The lowest BCUT2D eigenvalue weighted by molar-refractivity contribution is -0.274. The Balaban J connectivity index is 1.31. The van der Waals surface area contributed by atoms with Gasteiger partial charge in [0.05, 0.1) is 23.7 Å². The van der Waals surface area contributed by atoms with Crippen molar-refractivity contribution >= 4 is 40.2 Å². The lowest BCUT2D eigenvalue weighted by atomic mass is 10.0. The van der Waals surface area contributed by atoms with E-state index in [0.717, 1.165) is 23.4 Å². The maximum atomic E-state index is 13.0. The second-order valence-electron chi connectivity index (χ2n) is 9.72. The molecular weight excluding hydrogens is 599 g/mol. The Morgan fingerprint density at radius 2 is 1.91 bits per heavy atom. The molecule has 1 fully saturated rings. The highest BCUT2D eigenvalue weighted by Gasteiger charge is 2.33. The molecule has 0 aliphatic carbocycles. The van der Waals surface area contributed by atoms with E-state index >= 15 is 0 Å². The molecule has 228 valence electrons. The van der Waals surface area contributed by atoms with E-state index in [1.807, 2.05) is 32.0 Å². The highest BCUT2D eigenvalue weighted by atomic mass is 32.2. The first-order chi connectivity index (χ1) is 20.9. The molecule has 5 rings (SSSR count). The van der Waals surface area contributed by atoms with Crippen molar-refractivity contribution in [2.45, 2.75) is 33.2 Å². The number of alkyl halides is 3. The molecule has 1 aliphatic rings. The van der Waals surface area contributed by atoms with E-state index in [-0.39, 0.29) is 28.7 Å². The number of nitrogens with one attached hydrogen (secondary N) is 1. The van der Waals surface area contributed by atoms with E-state index in [1.165, 1.54) is 33.7 Å². The average Bonchev–Trinajstić information content (AvgIpc) is 3.60. The van der Waals surface area contributed by atoms with Crippen molar-refractivity contribution < 1.29 is 32.2 Å². The number of carbonyl (C=O) groups excluding carboxylic acids is 2. The number of nitrogens with zero attached hydrogens (tertiary/aromatic N) is 6. The van der Waals surface area contributed by atoms with Crippen LogP contribution in [-0.2, 0) is 9.53 Å². The van der Waals surface area contributed by atoms with Crippen LogP contribution in [0.4, 0.5) is 29.3 Å². The first kappa shape index (κ1) is 30.7. The maximum absolute atomic E-state index is 13.0. The minimum absolute atomic E-state index is 0.148. The van der Waals surface area contributed by atoms with Crippen LogP contribution in [0.15, 0.2) is 66.0 Å². The lowest BCUT2D eigenvalue weighted by Gasteiger charge is -2.23. The number of methoxy groups -OCH3 is 1. The van der Waals surface area contributed by atoms with E-state index in [1.54, 1.807) is 32.2 Å². The maximum Gasteiger partial charge on any atom is 0.573 e. The van der Waals surface area contributed by atoms with Gasteiger partial charge in [0.15, 0.2) is 16.8 Å². The number of rotatable bonds is 7. The molecule has 44 heavy (non-hydrogen) atoms. The van der Waals surface area contributed by atoms with E-state index < -0.39 is 18.1 Å². The molecule has 1 N–H and O–H groups in total. The van der Waals surface area contributed by atoms with Gasteiger partial charge < -0.3 is 14.8 Å². The third-order valence-corrected chi connectivity index (χ3v) is 7.51. The zero-order valence-corrected chi connectivity index (χ0v) is 24.7. The molecule has 1 aliphatic heterocycles. The number of amidine groups is 1. The lowest BCUT2D eigenvalue weighted by Crippen LogP contribution is -2.31. The largest absolute Gasteiger partial charge is 0.573 e. The van der Waals surface area contributed by atoms with Crippen LogP contribution in [0.5, 0.6) is 5.75 Å². The molecule has 1 saturated heterocycles. The Bertz CT molecular complexity index is 1740. The highest BCUT2D eigenvalue weighted by Crippen LogP contribution is 2.35. The third-order valence-electron chi connectivity index (χ3n) is 6.59. The highest BCUT2D eigenvalue weighted by molar-refractivity contribution is 8.15. The van der Waals surface area contributed by atoms with Gasteiger partial charge in [0.1, 0.15) is 12.1 Å². The SMILES string of the molecule is COC(C)c1ccc(C)cc1N1C(=O)CS/C1=N\C(=O)Nc1ccc(-c2ncn(-c3ccc(OC(F)(F)F)cn3)n2)cc1C. The van der Waals surface area contributed by atoms with Crippen LogP contribution in [0, 0.1) is 13.8 Å². The summed E-state index contributed by atoms with van der Waals surface area (Å²) in [6.07, 6.45) is -2.78. The number of ether oxygens (including phenoxy) is 2. The number of aliphatic imine (C=N–C) groups is 1. The topological polar surface area (TPSA) is 124 Å². The predicted octanol–water partition coefficient (Wildman–Crippen LogP) is 6.22. The molecule has 3 amide bonds. The van der Waals surface area contributed by atoms with E-state index in [9.17, 15) is 22.8 Å². The number of urea groups is 1. The summed E-state index contributed by atoms with van der Waals surface area (Å²) < 4.78 is 47.9. The molecule has 0 bridgehead atoms. The zero-order valence-electron chi connectivity index (χ0n) is 23.9. The van der Waals surface area contributed by atoms with Crippen LogP contribution in [0.25, 0.3) is 17.2 Å². The molecule has 2 aromatic carbocycles. The minimum Gasteiger partial charge on any atom is -0.404 e. The summed E-state index contributed by atoms with van der Waals surface area (Å²) in [5, 5.41) is 7.38. The number of hydrogen-bond acceptors (Lipinski definition) is 8. The second-order valence-corrected chi connectivity index (χ2v) is 10.7. The number of anilines is 2. The predicted molar refractivity (Wildman–Crippen MR) is 159 cm³/mol. The molecule has 2 aromatic heterocycles. The van der Waals surface area contributed by atoms with E-state index in [2.05, 4.69) is 30.1 Å². The van der Waals surface area contributed by atoms with Gasteiger partial charge in [-0.15, -0.1) is 18.3 Å². The number of hydrogen-bond donors (Lipinski definition) is 1. The van der Waals surface area contributed by atoms with Gasteiger partial charge in [-0.05, 0) is 68.3 Å². The van der Waals surface area contributed by atoms with Gasteiger partial charge >= 0.3 is 12.4 Å². The number of halogens is 3. The van der Waals surface area contributed by atoms with Gasteiger partial charge in [0, 0.05) is 23.9 Å². The fourth-order valence-corrected chi connectivity index (χ4v) is 5.24. The molecule has 0 saturated carbocycles. The number of pyridine rings is 1. The van der Waals surface area contributed by atoms with Crippen LogP contribution in [-0.4, -0.2) is 56.1 Å². The Kier molecular flexibility index (Phi) is 8.69. The fraction of sp³-hybridized carbons (Fsp3) is 0.241. The van der Waals surface area contributed by atoms with Gasteiger partial charge in [0.2, 0.25) is 5.91 Å². The van der Waals surface area contributed by atoms with E-state index in [4.69, 9.17) is 4.74 Å². The van der Waals surface area contributed by atoms with Gasteiger partial charge in [0.25, 0.3) is 0 Å². The molecule has 11 nitrogen and oxygen atoms in total. The Labute approximate surface area is 254 Å². The monoisotopic (exact) mass is 625 g/mol. The smallest absolute Gasteiger partial charge is 0.404 e. The van der Waals surface area contributed by atoms with Crippen molar-refractivity contribution in [2.24, 2.45) is 4.99 Å². The molecule has 4 aromatic rings. The molecule has 3 heterocycles. The van der Waals surface area contributed by atoms with Gasteiger partial charge in [-0.25, -0.2) is 19.4 Å². The third kappa shape index (κ3) is 6.89. The fourth-order valence-electron chi connectivity index (χ4n) is 4.38. The van der Waals surface area contributed by atoms with Crippen molar-refractivity contribution in [1.82, 2.24) is 19.7 Å². The standard InChI is InChI=1S/C29H26F3N7O4S/c1-16-5-8-21(18(3)42-4)23(11-16)39-25(40)14-44-28(39)36-27(41)35-22-9-6-19(12-17(22)2)26-34-15-38(37-26)24-10-7-20(13-33-24)43-29(30,31)32/h5-13,15,18H,14H2,1-4H3,(H,35,41)/b36-28-. The number of amides is 3. The van der Waals surface area contributed by atoms with Crippen molar-refractivity contribution in [3.63, 3.8) is 0 Å². The molecule has 1 unspecified atom stereocenters. The summed E-state index contributed by atoms with van der Waals surface area (Å²) in [4.78, 5) is 39.7. The first-order valence-corrected chi connectivity index (χ1v) is 14.1. The zero-order chi connectivity index (χ0) is 31.6. The summed E-state index contributed by atoms with van der Waals surface area (Å²) in [7, 11) is 1.59. The van der Waals surface area contributed by atoms with Crippen molar-refractivity contribution in [1.29, 1.82) is 0 Å². The van der Waals surface area contributed by atoms with Crippen LogP contribution in [0.1, 0.15) is 29.7 Å². The Hall–Kier alpha value is -4.76. The number of aromatic nitrogens is 4. The quantitative estimate of drug-likeness (QED) is 0.257. The van der Waals surface area contributed by atoms with Crippen LogP contribution < -0.4 is 15.0 Å². The summed E-state index contributed by atoms with van der Waals surface area (Å²) in [5.74, 6) is 0.0791. The summed E-state index contributed by atoms with van der Waals surface area (Å²) in [6.45, 7) is 5.58. The van der Waals surface area contributed by atoms with E-state index in [0.29, 0.717) is 28.3 Å². The molecule has 0 radical (unpaired) electrons. The van der Waals surface area contributed by atoms with Crippen LogP contribution in [0.3, 0.4) is 0 Å². The number of thioether (sulfide) groups is 1. The average molecular weight is 626 g/mol. The molecule has 15 heteroatoms. The van der Waals surface area contributed by atoms with Crippen molar-refractivity contribution in [2.75, 3.05) is 23.1 Å². The number of benzene rings is 2. The van der Waals surface area contributed by atoms with Crippen LogP contribution in [0.2, 0.25) is 0 Å². The summed E-state index contributed by atoms with van der Waals surface area (Å²) >= 11 is 1.18. The summed E-state index contributed by atoms with van der Waals surface area (Å²) in [5.41, 5.74) is 4.18. The van der Waals surface area contributed by atoms with Crippen LogP contribution >= 0.6 is 11.8 Å². The molecule has 1 atom stereocenters. The molecule has 0 spiro atoms. The van der Waals surface area contributed by atoms with Gasteiger partial charge in [-0.2, -0.15) is 4.99 Å². The van der Waals surface area contributed by atoms with Crippen molar-refractivity contribution in [3.05, 3.63) is 77.7 Å². The minimum atomic E-state index is -4.82. The normalized spacial score (nSPS) is 15.1. The Morgan fingerprint density at radius 3 is 2.59 bits per heavy atom. The van der Waals surface area contributed by atoms with Crippen molar-refractivity contribution in [3.8, 4) is 23.0 Å².